The van der Waals surface area contributed by atoms with Gasteiger partial charge in [-0.2, -0.15) is 0 Å². The molecule has 1 unspecified atom stereocenters. The van der Waals surface area contributed by atoms with Crippen LogP contribution >= 0.6 is 10.7 Å². The SMILES string of the molecule is CC=C(C)Cc1c(C2CCCCC2)cc[s+]1NCC. The third-order valence-electron chi connectivity index (χ3n) is 4.25. The van der Waals surface area contributed by atoms with Gasteiger partial charge in [-0.05, 0) is 39.5 Å². The van der Waals surface area contributed by atoms with Gasteiger partial charge in [0.15, 0.2) is 10.3 Å². The van der Waals surface area contributed by atoms with Crippen molar-refractivity contribution in [3.63, 3.8) is 0 Å². The number of hydrogen-bond acceptors (Lipinski definition) is 1. The second kappa shape index (κ2) is 7.25. The molecule has 1 fully saturated rings. The smallest absolute Gasteiger partial charge is 0.118 e. The second-order valence-corrected chi connectivity index (χ2v) is 7.39. The molecule has 0 bridgehead atoms. The Labute approximate surface area is 121 Å². The van der Waals surface area contributed by atoms with E-state index in [9.17, 15) is 0 Å². The summed E-state index contributed by atoms with van der Waals surface area (Å²) in [4.78, 5) is 1.67. The Bertz CT molecular complexity index is 424. The topological polar surface area (TPSA) is 12.0 Å². The lowest BCUT2D eigenvalue weighted by Gasteiger charge is -2.21. The van der Waals surface area contributed by atoms with Crippen molar-refractivity contribution in [2.75, 3.05) is 11.3 Å². The minimum atomic E-state index is 0.189. The van der Waals surface area contributed by atoms with E-state index >= 15 is 0 Å². The van der Waals surface area contributed by atoms with Gasteiger partial charge >= 0.3 is 0 Å². The van der Waals surface area contributed by atoms with E-state index in [-0.39, 0.29) is 10.7 Å². The lowest BCUT2D eigenvalue weighted by Crippen LogP contribution is -2.07. The van der Waals surface area contributed by atoms with E-state index in [0.29, 0.717) is 0 Å². The fraction of sp³-hybridized carbons (Fsp3) is 0.647. The molecule has 0 spiro atoms. The first-order chi connectivity index (χ1) is 9.26. The molecule has 1 nitrogen and oxygen atoms in total. The minimum Gasteiger partial charge on any atom is -0.118 e. The van der Waals surface area contributed by atoms with Gasteiger partial charge in [-0.1, -0.05) is 30.9 Å². The van der Waals surface area contributed by atoms with Crippen molar-refractivity contribution in [3.05, 3.63) is 33.5 Å². The molecule has 1 aliphatic carbocycles. The summed E-state index contributed by atoms with van der Waals surface area (Å²) in [5.41, 5.74) is 3.17. The zero-order valence-electron chi connectivity index (χ0n) is 12.7. The molecule has 1 aromatic heterocycles. The third-order valence-corrected chi connectivity index (χ3v) is 6.17. The van der Waals surface area contributed by atoms with Gasteiger partial charge in [0.05, 0.1) is 10.7 Å². The largest absolute Gasteiger partial charge is 0.179 e. The highest BCUT2D eigenvalue weighted by Crippen LogP contribution is 2.40. The van der Waals surface area contributed by atoms with Crippen LogP contribution in [0.25, 0.3) is 0 Å². The minimum absolute atomic E-state index is 0.189. The van der Waals surface area contributed by atoms with Crippen LogP contribution in [0, 0.1) is 0 Å². The maximum atomic E-state index is 3.65. The summed E-state index contributed by atoms with van der Waals surface area (Å²) < 4.78 is 3.65. The molecule has 1 saturated carbocycles. The van der Waals surface area contributed by atoms with E-state index in [4.69, 9.17) is 0 Å². The number of hydrogen-bond donors (Lipinski definition) is 1. The van der Waals surface area contributed by atoms with Crippen LogP contribution in [0.3, 0.4) is 0 Å². The van der Waals surface area contributed by atoms with Crippen LogP contribution in [0.2, 0.25) is 0 Å². The van der Waals surface area contributed by atoms with Gasteiger partial charge in [0.1, 0.15) is 0 Å². The molecule has 0 saturated heterocycles. The quantitative estimate of drug-likeness (QED) is 0.549. The standard InChI is InChI=1S/C17H28NS/c1-4-14(3)13-17-16(11-12-19(17)18-5-2)15-9-7-6-8-10-15/h4,11-12,15,18H,5-10,13H2,1-3H3/q+1. The van der Waals surface area contributed by atoms with E-state index in [1.54, 1.807) is 10.4 Å². The van der Waals surface area contributed by atoms with Crippen molar-refractivity contribution in [2.45, 2.75) is 65.2 Å². The first kappa shape index (κ1) is 14.8. The van der Waals surface area contributed by atoms with Crippen LogP contribution in [-0.4, -0.2) is 6.54 Å². The van der Waals surface area contributed by atoms with Gasteiger partial charge in [0.2, 0.25) is 0 Å². The molecule has 1 atom stereocenters. The third kappa shape index (κ3) is 3.70. The zero-order chi connectivity index (χ0) is 13.7. The van der Waals surface area contributed by atoms with E-state index in [1.807, 2.05) is 0 Å². The van der Waals surface area contributed by atoms with E-state index < -0.39 is 0 Å². The molecule has 1 aromatic rings. The fourth-order valence-electron chi connectivity index (χ4n) is 3.05. The first-order valence-corrected chi connectivity index (χ1v) is 9.04. The van der Waals surface area contributed by atoms with Gasteiger partial charge in [0.25, 0.3) is 0 Å². The predicted octanol–water partition coefficient (Wildman–Crippen LogP) is 5.56. The van der Waals surface area contributed by atoms with Crippen LogP contribution in [0.4, 0.5) is 0 Å². The molecule has 0 aromatic carbocycles. The summed E-state index contributed by atoms with van der Waals surface area (Å²) >= 11 is 0. The summed E-state index contributed by atoms with van der Waals surface area (Å²) in [7, 11) is 0.189. The molecule has 1 heterocycles. The first-order valence-electron chi connectivity index (χ1n) is 7.75. The molecular formula is C17H28NS+. The Morgan fingerprint density at radius 2 is 2.11 bits per heavy atom. The normalized spacial score (nSPS) is 18.9. The Morgan fingerprint density at radius 3 is 2.74 bits per heavy atom. The van der Waals surface area contributed by atoms with Crippen molar-refractivity contribution in [1.29, 1.82) is 0 Å². The second-order valence-electron chi connectivity index (χ2n) is 5.66. The molecule has 0 radical (unpaired) electrons. The van der Waals surface area contributed by atoms with Gasteiger partial charge < -0.3 is 0 Å². The summed E-state index contributed by atoms with van der Waals surface area (Å²) in [5.74, 6) is 0.834. The summed E-state index contributed by atoms with van der Waals surface area (Å²) in [6.45, 7) is 7.69. The predicted molar refractivity (Wildman–Crippen MR) is 87.8 cm³/mol. The van der Waals surface area contributed by atoms with Crippen LogP contribution < -0.4 is 4.72 Å². The van der Waals surface area contributed by atoms with Crippen LogP contribution in [-0.2, 0) is 6.42 Å². The van der Waals surface area contributed by atoms with E-state index in [2.05, 4.69) is 43.0 Å². The molecule has 1 aliphatic rings. The van der Waals surface area contributed by atoms with Gasteiger partial charge in [-0.3, -0.25) is 0 Å². The molecule has 1 N–H and O–H groups in total. The molecule has 19 heavy (non-hydrogen) atoms. The molecular weight excluding hydrogens is 250 g/mol. The Balaban J connectivity index is 2.25. The molecule has 2 heteroatoms. The van der Waals surface area contributed by atoms with Crippen molar-refractivity contribution in [3.8, 4) is 0 Å². The van der Waals surface area contributed by atoms with Gasteiger partial charge in [-0.25, -0.2) is 0 Å². The van der Waals surface area contributed by atoms with Gasteiger partial charge in [0, 0.05) is 24.6 Å². The maximum absolute atomic E-state index is 3.65. The van der Waals surface area contributed by atoms with Crippen LogP contribution in [0.1, 0.15) is 69.2 Å². The number of rotatable bonds is 5. The zero-order valence-corrected chi connectivity index (χ0v) is 13.5. The number of nitrogens with one attached hydrogen (secondary N) is 1. The summed E-state index contributed by atoms with van der Waals surface area (Å²) in [6.07, 6.45) is 10.5. The molecule has 0 amide bonds. The van der Waals surface area contributed by atoms with Crippen LogP contribution in [0.15, 0.2) is 23.1 Å². The highest BCUT2D eigenvalue weighted by Gasteiger charge is 2.26. The Morgan fingerprint density at radius 1 is 1.37 bits per heavy atom. The Kier molecular flexibility index (Phi) is 5.65. The number of allylic oxidation sites excluding steroid dienone is 2. The monoisotopic (exact) mass is 278 g/mol. The van der Waals surface area contributed by atoms with E-state index in [1.165, 1.54) is 37.7 Å². The van der Waals surface area contributed by atoms with Crippen molar-refractivity contribution < 1.29 is 0 Å². The average Bonchev–Trinajstić information content (AvgIpc) is 2.83. The van der Waals surface area contributed by atoms with Crippen LogP contribution in [0.5, 0.6) is 0 Å². The average molecular weight is 278 g/mol. The van der Waals surface area contributed by atoms with Crippen molar-refractivity contribution in [1.82, 2.24) is 0 Å². The van der Waals surface area contributed by atoms with Gasteiger partial charge in [-0.15, -0.1) is 4.72 Å². The fourth-order valence-corrected chi connectivity index (χ4v) is 4.95. The highest BCUT2D eigenvalue weighted by molar-refractivity contribution is 7.31. The molecule has 106 valence electrons. The lowest BCUT2D eigenvalue weighted by atomic mass is 9.84. The van der Waals surface area contributed by atoms with Crippen molar-refractivity contribution in [2.24, 2.45) is 0 Å². The summed E-state index contributed by atoms with van der Waals surface area (Å²) in [5, 5.41) is 2.41. The molecule has 2 rings (SSSR count). The Hall–Kier alpha value is -0.600. The lowest BCUT2D eigenvalue weighted by molar-refractivity contribution is 0.443. The number of thiophene rings is 1. The highest BCUT2D eigenvalue weighted by atomic mass is 32.2. The maximum Gasteiger partial charge on any atom is 0.179 e. The van der Waals surface area contributed by atoms with Crippen molar-refractivity contribution >= 4 is 10.7 Å². The summed E-state index contributed by atoms with van der Waals surface area (Å²) in [6, 6.07) is 2.43. The van der Waals surface area contributed by atoms with E-state index in [0.717, 1.165) is 18.9 Å². The molecule has 0 aliphatic heterocycles.